The molecular weight excluding hydrogens is 338 g/mol. The zero-order valence-electron chi connectivity index (χ0n) is 13.8. The Morgan fingerprint density at radius 3 is 2.80 bits per heavy atom. The number of imidazole rings is 1. The van der Waals surface area contributed by atoms with Crippen molar-refractivity contribution in [3.8, 4) is 0 Å². The van der Waals surface area contributed by atoms with Gasteiger partial charge in [0.15, 0.2) is 16.6 Å². The van der Waals surface area contributed by atoms with Crippen LogP contribution < -0.4 is 11.1 Å². The lowest BCUT2D eigenvalue weighted by Gasteiger charge is -2.28. The minimum atomic E-state index is 0.0231. The summed E-state index contributed by atoms with van der Waals surface area (Å²) in [7, 11) is 0. The van der Waals surface area contributed by atoms with Gasteiger partial charge in [-0.1, -0.05) is 0 Å². The highest BCUT2D eigenvalue weighted by molar-refractivity contribution is 7.13. The van der Waals surface area contributed by atoms with E-state index < -0.39 is 0 Å². The van der Waals surface area contributed by atoms with Crippen molar-refractivity contribution < 1.29 is 4.79 Å². The number of nitrogen functional groups attached to an aromatic ring is 1. The standard InChI is InChI=1S/C16H19N7OS/c1-9-6-25-16(21-9)22-15(24)10-2-4-11(5-3-10)23-8-20-12-13(17)18-7-19-14(12)23/h6-8,10-11H,2-5H2,1H3,(H2,17,18,19)(H,21,22,24). The van der Waals surface area contributed by atoms with Gasteiger partial charge in [-0.15, -0.1) is 11.3 Å². The number of nitrogens with one attached hydrogen (secondary N) is 1. The summed E-state index contributed by atoms with van der Waals surface area (Å²) in [4.78, 5) is 29.3. The van der Waals surface area contributed by atoms with Crippen molar-refractivity contribution in [2.45, 2.75) is 38.6 Å². The molecule has 0 unspecified atom stereocenters. The van der Waals surface area contributed by atoms with Gasteiger partial charge in [0, 0.05) is 17.3 Å². The molecule has 1 aliphatic rings. The van der Waals surface area contributed by atoms with E-state index >= 15 is 0 Å². The number of hydrogen-bond donors (Lipinski definition) is 2. The lowest BCUT2D eigenvalue weighted by Crippen LogP contribution is -2.28. The average Bonchev–Trinajstić information content (AvgIpc) is 3.22. The molecule has 1 aliphatic carbocycles. The molecule has 3 heterocycles. The predicted octanol–water partition coefficient (Wildman–Crippen LogP) is 2.54. The summed E-state index contributed by atoms with van der Waals surface area (Å²) in [6, 6.07) is 0.283. The molecule has 0 radical (unpaired) electrons. The van der Waals surface area contributed by atoms with Gasteiger partial charge in [-0.25, -0.2) is 19.9 Å². The molecule has 3 aromatic heterocycles. The van der Waals surface area contributed by atoms with Gasteiger partial charge >= 0.3 is 0 Å². The monoisotopic (exact) mass is 357 g/mol. The number of anilines is 2. The smallest absolute Gasteiger partial charge is 0.229 e. The fourth-order valence-corrected chi connectivity index (χ4v) is 4.06. The Bertz CT molecular complexity index is 910. The number of thiazole rings is 1. The number of rotatable bonds is 3. The maximum atomic E-state index is 12.4. The molecule has 3 aromatic rings. The van der Waals surface area contributed by atoms with Gasteiger partial charge in [0.1, 0.15) is 11.8 Å². The molecular formula is C16H19N7OS. The summed E-state index contributed by atoms with van der Waals surface area (Å²) >= 11 is 1.46. The van der Waals surface area contributed by atoms with Gasteiger partial charge in [-0.3, -0.25) is 4.79 Å². The van der Waals surface area contributed by atoms with Crippen molar-refractivity contribution in [2.75, 3.05) is 11.1 Å². The van der Waals surface area contributed by atoms with E-state index in [0.29, 0.717) is 16.5 Å². The first-order valence-corrected chi connectivity index (χ1v) is 9.16. The first kappa shape index (κ1) is 15.9. The molecule has 0 aliphatic heterocycles. The van der Waals surface area contributed by atoms with Gasteiger partial charge in [0.05, 0.1) is 12.0 Å². The quantitative estimate of drug-likeness (QED) is 0.745. The van der Waals surface area contributed by atoms with Crippen LogP contribution in [0.3, 0.4) is 0 Å². The van der Waals surface area contributed by atoms with Crippen LogP contribution in [0.4, 0.5) is 10.9 Å². The van der Waals surface area contributed by atoms with Crippen LogP contribution in [0.2, 0.25) is 0 Å². The van der Waals surface area contributed by atoms with Crippen LogP contribution in [0.5, 0.6) is 0 Å². The van der Waals surface area contributed by atoms with Crippen molar-refractivity contribution >= 4 is 39.4 Å². The second kappa shape index (κ2) is 6.40. The molecule has 1 fully saturated rings. The van der Waals surface area contributed by atoms with Gasteiger partial charge in [0.2, 0.25) is 5.91 Å². The van der Waals surface area contributed by atoms with Crippen LogP contribution in [0.15, 0.2) is 18.0 Å². The van der Waals surface area contributed by atoms with Crippen LogP contribution in [-0.4, -0.2) is 30.4 Å². The molecule has 9 heteroatoms. The summed E-state index contributed by atoms with van der Waals surface area (Å²) in [6.07, 6.45) is 6.72. The van der Waals surface area contributed by atoms with Crippen molar-refractivity contribution in [3.05, 3.63) is 23.7 Å². The number of carbonyl (C=O) groups is 1. The highest BCUT2D eigenvalue weighted by Gasteiger charge is 2.28. The van der Waals surface area contributed by atoms with Crippen LogP contribution in [0.25, 0.3) is 11.2 Å². The fraction of sp³-hybridized carbons (Fsp3) is 0.438. The molecule has 0 atom stereocenters. The van der Waals surface area contributed by atoms with E-state index in [1.165, 1.54) is 17.7 Å². The molecule has 0 spiro atoms. The van der Waals surface area contributed by atoms with E-state index in [1.807, 2.05) is 12.3 Å². The molecule has 1 saturated carbocycles. The largest absolute Gasteiger partial charge is 0.382 e. The SMILES string of the molecule is Cc1csc(NC(=O)C2CCC(n3cnc4c(N)ncnc43)CC2)n1. The summed E-state index contributed by atoms with van der Waals surface area (Å²) < 4.78 is 2.06. The van der Waals surface area contributed by atoms with E-state index in [9.17, 15) is 4.79 Å². The molecule has 3 N–H and O–H groups in total. The average molecular weight is 357 g/mol. The second-order valence-corrected chi connectivity index (χ2v) is 7.23. The third-order valence-electron chi connectivity index (χ3n) is 4.70. The maximum absolute atomic E-state index is 12.4. The Balaban J connectivity index is 1.42. The Morgan fingerprint density at radius 2 is 2.08 bits per heavy atom. The normalized spacial score (nSPS) is 20.7. The van der Waals surface area contributed by atoms with Crippen LogP contribution >= 0.6 is 11.3 Å². The number of amides is 1. The summed E-state index contributed by atoms with van der Waals surface area (Å²) in [5, 5.41) is 5.54. The highest BCUT2D eigenvalue weighted by atomic mass is 32.1. The molecule has 0 bridgehead atoms. The Hall–Kier alpha value is -2.55. The molecule has 130 valence electrons. The summed E-state index contributed by atoms with van der Waals surface area (Å²) in [6.45, 7) is 1.92. The third kappa shape index (κ3) is 3.07. The lowest BCUT2D eigenvalue weighted by atomic mass is 9.85. The van der Waals surface area contributed by atoms with E-state index in [1.54, 1.807) is 6.33 Å². The third-order valence-corrected chi connectivity index (χ3v) is 5.57. The van der Waals surface area contributed by atoms with Gasteiger partial charge in [-0.2, -0.15) is 0 Å². The molecule has 8 nitrogen and oxygen atoms in total. The van der Waals surface area contributed by atoms with Crippen molar-refractivity contribution in [1.29, 1.82) is 0 Å². The van der Waals surface area contributed by atoms with E-state index in [4.69, 9.17) is 5.73 Å². The number of fused-ring (bicyclic) bond motifs is 1. The molecule has 4 rings (SSSR count). The van der Waals surface area contributed by atoms with E-state index in [0.717, 1.165) is 37.0 Å². The zero-order chi connectivity index (χ0) is 17.4. The van der Waals surface area contributed by atoms with E-state index in [-0.39, 0.29) is 17.9 Å². The van der Waals surface area contributed by atoms with E-state index in [2.05, 4.69) is 29.8 Å². The Labute approximate surface area is 148 Å². The summed E-state index contributed by atoms with van der Waals surface area (Å²) in [5.41, 5.74) is 8.18. The van der Waals surface area contributed by atoms with Gasteiger partial charge in [0.25, 0.3) is 0 Å². The highest BCUT2D eigenvalue weighted by Crippen LogP contribution is 2.34. The molecule has 25 heavy (non-hydrogen) atoms. The minimum Gasteiger partial charge on any atom is -0.382 e. The van der Waals surface area contributed by atoms with Crippen LogP contribution in [0.1, 0.15) is 37.4 Å². The maximum Gasteiger partial charge on any atom is 0.229 e. The van der Waals surface area contributed by atoms with Crippen LogP contribution in [-0.2, 0) is 4.79 Å². The van der Waals surface area contributed by atoms with Crippen molar-refractivity contribution in [1.82, 2.24) is 24.5 Å². The molecule has 0 saturated heterocycles. The Kier molecular flexibility index (Phi) is 4.08. The number of nitrogens with two attached hydrogens (primary N) is 1. The topological polar surface area (TPSA) is 112 Å². The predicted molar refractivity (Wildman–Crippen MR) is 96.2 cm³/mol. The number of carbonyl (C=O) groups excluding carboxylic acids is 1. The second-order valence-electron chi connectivity index (χ2n) is 6.37. The molecule has 0 aromatic carbocycles. The van der Waals surface area contributed by atoms with Crippen molar-refractivity contribution in [2.24, 2.45) is 5.92 Å². The zero-order valence-corrected chi connectivity index (χ0v) is 14.7. The first-order chi connectivity index (χ1) is 12.1. The minimum absolute atomic E-state index is 0.0231. The first-order valence-electron chi connectivity index (χ1n) is 8.28. The number of hydrogen-bond acceptors (Lipinski definition) is 7. The molecule has 1 amide bonds. The summed E-state index contributed by atoms with van der Waals surface area (Å²) in [5.74, 6) is 0.486. The number of aryl methyl sites for hydroxylation is 1. The number of nitrogens with zero attached hydrogens (tertiary/aromatic N) is 5. The lowest BCUT2D eigenvalue weighted by molar-refractivity contribution is -0.120. The fourth-order valence-electron chi connectivity index (χ4n) is 3.37. The number of aromatic nitrogens is 5. The Morgan fingerprint density at radius 1 is 1.28 bits per heavy atom. The van der Waals surface area contributed by atoms with Crippen molar-refractivity contribution in [3.63, 3.8) is 0 Å². The van der Waals surface area contributed by atoms with Gasteiger partial charge < -0.3 is 15.6 Å². The van der Waals surface area contributed by atoms with Gasteiger partial charge in [-0.05, 0) is 32.6 Å². The van der Waals surface area contributed by atoms with Crippen LogP contribution in [0, 0.1) is 12.8 Å².